The van der Waals surface area contributed by atoms with Crippen molar-refractivity contribution >= 4 is 17.0 Å². The van der Waals surface area contributed by atoms with Crippen LogP contribution < -0.4 is 5.32 Å². The number of hydrogen-bond acceptors (Lipinski definition) is 4. The summed E-state index contributed by atoms with van der Waals surface area (Å²) in [6.45, 7) is 2.07. The molecule has 0 unspecified atom stereocenters. The largest absolute Gasteiger partial charge is 0.357 e. The molecule has 18 heavy (non-hydrogen) atoms. The van der Waals surface area contributed by atoms with E-state index in [1.54, 1.807) is 13.2 Å². The topological polar surface area (TPSA) is 66.5 Å². The second-order valence-electron chi connectivity index (χ2n) is 4.09. The van der Waals surface area contributed by atoms with Crippen molar-refractivity contribution in [2.24, 2.45) is 0 Å². The quantitative estimate of drug-likeness (QED) is 0.720. The first-order chi connectivity index (χ1) is 8.79. The van der Waals surface area contributed by atoms with Crippen LogP contribution in [0.5, 0.6) is 0 Å². The lowest BCUT2D eigenvalue weighted by Gasteiger charge is -2.07. The minimum atomic E-state index is 0.588. The van der Waals surface area contributed by atoms with Gasteiger partial charge in [0.1, 0.15) is 0 Å². The first-order valence-corrected chi connectivity index (χ1v) is 5.74. The summed E-state index contributed by atoms with van der Waals surface area (Å²) < 4.78 is 0. The summed E-state index contributed by atoms with van der Waals surface area (Å²) in [6, 6.07) is 8.16. The van der Waals surface area contributed by atoms with Gasteiger partial charge in [0.05, 0.1) is 17.3 Å². The van der Waals surface area contributed by atoms with Crippen LogP contribution in [-0.2, 0) is 0 Å². The van der Waals surface area contributed by atoms with Crippen molar-refractivity contribution in [3.63, 3.8) is 0 Å². The monoisotopic (exact) mass is 239 g/mol. The number of benzene rings is 1. The molecule has 2 heterocycles. The van der Waals surface area contributed by atoms with Crippen molar-refractivity contribution in [3.8, 4) is 11.3 Å². The number of aromatic amines is 1. The fourth-order valence-corrected chi connectivity index (χ4v) is 1.99. The number of aryl methyl sites for hydroxylation is 1. The van der Waals surface area contributed by atoms with E-state index >= 15 is 0 Å². The van der Waals surface area contributed by atoms with Gasteiger partial charge in [0.2, 0.25) is 5.95 Å². The average Bonchev–Trinajstić information content (AvgIpc) is 2.86. The van der Waals surface area contributed by atoms with Crippen LogP contribution in [-0.4, -0.2) is 27.2 Å². The molecule has 3 rings (SSSR count). The fourth-order valence-electron chi connectivity index (χ4n) is 1.99. The van der Waals surface area contributed by atoms with Crippen LogP contribution in [0.2, 0.25) is 0 Å². The molecule has 0 atom stereocenters. The van der Waals surface area contributed by atoms with Gasteiger partial charge in [-0.3, -0.25) is 5.10 Å². The van der Waals surface area contributed by atoms with Gasteiger partial charge in [-0.2, -0.15) is 10.1 Å². The van der Waals surface area contributed by atoms with Gasteiger partial charge < -0.3 is 5.32 Å². The summed E-state index contributed by atoms with van der Waals surface area (Å²) in [5.41, 5.74) is 3.92. The third-order valence-corrected chi connectivity index (χ3v) is 2.93. The maximum atomic E-state index is 4.54. The molecule has 0 saturated carbocycles. The molecule has 0 aliphatic rings. The number of fused-ring (bicyclic) bond motifs is 1. The van der Waals surface area contributed by atoms with E-state index in [2.05, 4.69) is 44.5 Å². The summed E-state index contributed by atoms with van der Waals surface area (Å²) in [7, 11) is 1.80. The van der Waals surface area contributed by atoms with E-state index in [0.717, 1.165) is 22.3 Å². The van der Waals surface area contributed by atoms with E-state index in [0.29, 0.717) is 5.95 Å². The molecule has 5 heteroatoms. The van der Waals surface area contributed by atoms with Crippen LogP contribution in [0.25, 0.3) is 22.3 Å². The molecule has 0 fully saturated rings. The van der Waals surface area contributed by atoms with Crippen molar-refractivity contribution in [1.82, 2.24) is 20.2 Å². The normalized spacial score (nSPS) is 10.8. The van der Waals surface area contributed by atoms with E-state index in [9.17, 15) is 0 Å². The van der Waals surface area contributed by atoms with Crippen molar-refractivity contribution in [2.45, 2.75) is 6.92 Å². The second-order valence-corrected chi connectivity index (χ2v) is 4.09. The SMILES string of the molecule is CNc1nc(-c2ccccc2C)c2cn[nH]c2n1. The lowest BCUT2D eigenvalue weighted by atomic mass is 10.0. The lowest BCUT2D eigenvalue weighted by molar-refractivity contribution is 1.09. The molecule has 5 nitrogen and oxygen atoms in total. The molecule has 1 aromatic carbocycles. The Labute approximate surface area is 104 Å². The van der Waals surface area contributed by atoms with Crippen molar-refractivity contribution in [3.05, 3.63) is 36.0 Å². The highest BCUT2D eigenvalue weighted by molar-refractivity contribution is 5.91. The summed E-state index contributed by atoms with van der Waals surface area (Å²) in [5.74, 6) is 0.588. The molecule has 0 saturated heterocycles. The predicted octanol–water partition coefficient (Wildman–Crippen LogP) is 2.37. The zero-order valence-corrected chi connectivity index (χ0v) is 10.2. The second kappa shape index (κ2) is 4.10. The van der Waals surface area contributed by atoms with Crippen LogP contribution in [0.1, 0.15) is 5.56 Å². The minimum Gasteiger partial charge on any atom is -0.357 e. The maximum absolute atomic E-state index is 4.54. The van der Waals surface area contributed by atoms with Gasteiger partial charge in [0.25, 0.3) is 0 Å². The summed E-state index contributed by atoms with van der Waals surface area (Å²) in [5, 5.41) is 10.8. The van der Waals surface area contributed by atoms with Gasteiger partial charge >= 0.3 is 0 Å². The van der Waals surface area contributed by atoms with Crippen molar-refractivity contribution < 1.29 is 0 Å². The Balaban J connectivity index is 2.34. The molecule has 2 N–H and O–H groups in total. The number of nitrogens with one attached hydrogen (secondary N) is 2. The Kier molecular flexibility index (Phi) is 2.44. The van der Waals surface area contributed by atoms with E-state index in [-0.39, 0.29) is 0 Å². The molecule has 2 aromatic heterocycles. The van der Waals surface area contributed by atoms with Gasteiger partial charge in [-0.25, -0.2) is 4.98 Å². The zero-order valence-electron chi connectivity index (χ0n) is 10.2. The molecule has 0 amide bonds. The highest BCUT2D eigenvalue weighted by atomic mass is 15.2. The number of rotatable bonds is 2. The number of anilines is 1. The van der Waals surface area contributed by atoms with Crippen LogP contribution in [0.3, 0.4) is 0 Å². The lowest BCUT2D eigenvalue weighted by Crippen LogP contribution is -1.99. The third-order valence-electron chi connectivity index (χ3n) is 2.93. The maximum Gasteiger partial charge on any atom is 0.225 e. The van der Waals surface area contributed by atoms with Crippen molar-refractivity contribution in [1.29, 1.82) is 0 Å². The Morgan fingerprint density at radius 3 is 2.78 bits per heavy atom. The Bertz CT molecular complexity index is 701. The standard InChI is InChI=1S/C13H13N5/c1-8-5-3-4-6-9(8)11-10-7-15-18-12(10)17-13(14-2)16-11/h3-7H,1-2H3,(H2,14,15,16,17,18). The van der Waals surface area contributed by atoms with Crippen LogP contribution in [0.15, 0.2) is 30.5 Å². The van der Waals surface area contributed by atoms with Crippen LogP contribution in [0.4, 0.5) is 5.95 Å². The molecule has 0 aliphatic heterocycles. The first-order valence-electron chi connectivity index (χ1n) is 5.74. The average molecular weight is 239 g/mol. The summed E-state index contributed by atoms with van der Waals surface area (Å²) in [6.07, 6.45) is 1.76. The Morgan fingerprint density at radius 1 is 1.17 bits per heavy atom. The van der Waals surface area contributed by atoms with Gasteiger partial charge in [0, 0.05) is 12.6 Å². The molecule has 0 spiro atoms. The molecule has 3 aromatic rings. The molecule has 0 bridgehead atoms. The third kappa shape index (κ3) is 1.60. The molecule has 0 radical (unpaired) electrons. The summed E-state index contributed by atoms with van der Waals surface area (Å²) in [4.78, 5) is 8.87. The van der Waals surface area contributed by atoms with E-state index in [4.69, 9.17) is 0 Å². The van der Waals surface area contributed by atoms with E-state index in [1.807, 2.05) is 12.1 Å². The van der Waals surface area contributed by atoms with Crippen LogP contribution in [0, 0.1) is 6.92 Å². The number of aromatic nitrogens is 4. The highest BCUT2D eigenvalue weighted by Crippen LogP contribution is 2.28. The molecule has 90 valence electrons. The number of hydrogen-bond donors (Lipinski definition) is 2. The van der Waals surface area contributed by atoms with Gasteiger partial charge in [-0.1, -0.05) is 24.3 Å². The predicted molar refractivity (Wildman–Crippen MR) is 71.4 cm³/mol. The van der Waals surface area contributed by atoms with Crippen LogP contribution >= 0.6 is 0 Å². The number of H-pyrrole nitrogens is 1. The molecular formula is C13H13N5. The number of nitrogens with zero attached hydrogens (tertiary/aromatic N) is 3. The fraction of sp³-hybridized carbons (Fsp3) is 0.154. The summed E-state index contributed by atoms with van der Waals surface area (Å²) >= 11 is 0. The highest BCUT2D eigenvalue weighted by Gasteiger charge is 2.12. The first kappa shape index (κ1) is 10.7. The smallest absolute Gasteiger partial charge is 0.225 e. The molecular weight excluding hydrogens is 226 g/mol. The van der Waals surface area contributed by atoms with E-state index in [1.165, 1.54) is 5.56 Å². The van der Waals surface area contributed by atoms with Crippen molar-refractivity contribution in [2.75, 3.05) is 12.4 Å². The van der Waals surface area contributed by atoms with Gasteiger partial charge in [-0.05, 0) is 12.5 Å². The van der Waals surface area contributed by atoms with E-state index < -0.39 is 0 Å². The van der Waals surface area contributed by atoms with Gasteiger partial charge in [-0.15, -0.1) is 0 Å². The molecule has 0 aliphatic carbocycles. The van der Waals surface area contributed by atoms with Gasteiger partial charge in [0.15, 0.2) is 5.65 Å². The zero-order chi connectivity index (χ0) is 12.5. The Morgan fingerprint density at radius 2 is 2.00 bits per heavy atom. The Hall–Kier alpha value is -2.43. The minimum absolute atomic E-state index is 0.588.